The first-order valence-corrected chi connectivity index (χ1v) is 10.7. The molecule has 29 heavy (non-hydrogen) atoms. The summed E-state index contributed by atoms with van der Waals surface area (Å²) in [4.78, 5) is 14.3. The van der Waals surface area contributed by atoms with Crippen LogP contribution in [-0.2, 0) is 9.53 Å². The Balaban J connectivity index is 1.67. The van der Waals surface area contributed by atoms with Gasteiger partial charge in [0.15, 0.2) is 17.1 Å². The molecular formula is C20H28N4O4S. The van der Waals surface area contributed by atoms with E-state index in [1.165, 1.54) is 11.8 Å². The number of methoxy groups -OCH3 is 1. The number of carbonyl (C=O) groups is 1. The minimum Gasteiger partial charge on any atom is -0.497 e. The molecule has 1 aliphatic heterocycles. The van der Waals surface area contributed by atoms with Crippen molar-refractivity contribution < 1.29 is 19.0 Å². The molecule has 8 nitrogen and oxygen atoms in total. The molecular weight excluding hydrogens is 392 g/mol. The molecule has 1 fully saturated rings. The number of rotatable bonds is 8. The Morgan fingerprint density at radius 1 is 1.14 bits per heavy atom. The summed E-state index contributed by atoms with van der Waals surface area (Å²) in [6, 6.07) is 7.58. The van der Waals surface area contributed by atoms with Gasteiger partial charge < -0.3 is 23.7 Å². The van der Waals surface area contributed by atoms with Gasteiger partial charge in [0, 0.05) is 19.1 Å². The second kappa shape index (κ2) is 9.98. The lowest BCUT2D eigenvalue weighted by atomic mass is 10.3. The maximum Gasteiger partial charge on any atom is 0.233 e. The van der Waals surface area contributed by atoms with E-state index < -0.39 is 0 Å². The number of hydrogen-bond acceptors (Lipinski definition) is 7. The fourth-order valence-electron chi connectivity index (χ4n) is 3.09. The SMILES string of the molecule is COc1ccc(OC(C)c2nnc(SCC(=O)N3CCOCC3)n2C(C)C)cc1. The molecule has 0 saturated carbocycles. The van der Waals surface area contributed by atoms with Gasteiger partial charge in [-0.2, -0.15) is 0 Å². The zero-order valence-corrected chi connectivity index (χ0v) is 18.1. The van der Waals surface area contributed by atoms with Gasteiger partial charge in [-0.05, 0) is 45.0 Å². The van der Waals surface area contributed by atoms with Crippen LogP contribution in [0.4, 0.5) is 0 Å². The number of ether oxygens (including phenoxy) is 3. The summed E-state index contributed by atoms with van der Waals surface area (Å²) in [7, 11) is 1.63. The molecule has 0 N–H and O–H groups in total. The van der Waals surface area contributed by atoms with E-state index in [1.807, 2.05) is 40.7 Å². The van der Waals surface area contributed by atoms with Crippen LogP contribution in [0.25, 0.3) is 0 Å². The normalized spacial score (nSPS) is 15.4. The molecule has 1 aliphatic rings. The highest BCUT2D eigenvalue weighted by molar-refractivity contribution is 7.99. The Kier molecular flexibility index (Phi) is 7.38. The molecule has 2 heterocycles. The van der Waals surface area contributed by atoms with Gasteiger partial charge >= 0.3 is 0 Å². The van der Waals surface area contributed by atoms with E-state index in [1.54, 1.807) is 7.11 Å². The van der Waals surface area contributed by atoms with Gasteiger partial charge in [-0.1, -0.05) is 11.8 Å². The van der Waals surface area contributed by atoms with E-state index in [0.717, 1.165) is 22.5 Å². The van der Waals surface area contributed by atoms with Crippen LogP contribution in [-0.4, -0.2) is 64.7 Å². The largest absolute Gasteiger partial charge is 0.497 e. The molecule has 1 saturated heterocycles. The van der Waals surface area contributed by atoms with E-state index in [9.17, 15) is 4.79 Å². The summed E-state index contributed by atoms with van der Waals surface area (Å²) < 4.78 is 18.6. The molecule has 0 spiro atoms. The van der Waals surface area contributed by atoms with Crippen molar-refractivity contribution in [3.63, 3.8) is 0 Å². The Bertz CT molecular complexity index is 803. The van der Waals surface area contributed by atoms with Crippen molar-refractivity contribution in [1.29, 1.82) is 0 Å². The van der Waals surface area contributed by atoms with Gasteiger partial charge in [-0.25, -0.2) is 0 Å². The first-order valence-electron chi connectivity index (χ1n) is 9.73. The molecule has 1 amide bonds. The lowest BCUT2D eigenvalue weighted by molar-refractivity contribution is -0.132. The van der Waals surface area contributed by atoms with E-state index in [-0.39, 0.29) is 18.1 Å². The lowest BCUT2D eigenvalue weighted by Crippen LogP contribution is -2.41. The second-order valence-electron chi connectivity index (χ2n) is 7.02. The number of benzene rings is 1. The van der Waals surface area contributed by atoms with Crippen LogP contribution in [0.3, 0.4) is 0 Å². The van der Waals surface area contributed by atoms with Gasteiger partial charge in [0.25, 0.3) is 0 Å². The molecule has 0 aliphatic carbocycles. The molecule has 1 atom stereocenters. The summed E-state index contributed by atoms with van der Waals surface area (Å²) in [5.41, 5.74) is 0. The molecule has 1 aromatic heterocycles. The van der Waals surface area contributed by atoms with Crippen molar-refractivity contribution in [3.8, 4) is 11.5 Å². The zero-order chi connectivity index (χ0) is 20.8. The zero-order valence-electron chi connectivity index (χ0n) is 17.3. The third-order valence-electron chi connectivity index (χ3n) is 4.63. The third kappa shape index (κ3) is 5.42. The summed E-state index contributed by atoms with van der Waals surface area (Å²) in [5, 5.41) is 9.40. The maximum absolute atomic E-state index is 12.4. The fourth-order valence-corrected chi connectivity index (χ4v) is 4.07. The number of nitrogens with zero attached hydrogens (tertiary/aromatic N) is 4. The van der Waals surface area contributed by atoms with Crippen molar-refractivity contribution in [2.75, 3.05) is 39.2 Å². The summed E-state index contributed by atoms with van der Waals surface area (Å²) in [5.74, 6) is 2.67. The van der Waals surface area contributed by atoms with E-state index >= 15 is 0 Å². The minimum atomic E-state index is -0.289. The number of amides is 1. The smallest absolute Gasteiger partial charge is 0.233 e. The molecule has 0 bridgehead atoms. The van der Waals surface area contributed by atoms with Crippen molar-refractivity contribution in [2.45, 2.75) is 38.1 Å². The maximum atomic E-state index is 12.4. The van der Waals surface area contributed by atoms with Gasteiger partial charge in [0.2, 0.25) is 5.91 Å². The van der Waals surface area contributed by atoms with Crippen molar-refractivity contribution >= 4 is 17.7 Å². The average Bonchev–Trinajstić information content (AvgIpc) is 3.17. The molecule has 1 aromatic carbocycles. The Labute approximate surface area is 175 Å². The van der Waals surface area contributed by atoms with Crippen molar-refractivity contribution in [3.05, 3.63) is 30.1 Å². The highest BCUT2D eigenvalue weighted by atomic mass is 32.2. The van der Waals surface area contributed by atoms with Gasteiger partial charge in [0.1, 0.15) is 11.5 Å². The molecule has 0 radical (unpaired) electrons. The number of carbonyl (C=O) groups excluding carboxylic acids is 1. The predicted octanol–water partition coefficient (Wildman–Crippen LogP) is 2.96. The van der Waals surface area contributed by atoms with Gasteiger partial charge in [-0.3, -0.25) is 4.79 Å². The Morgan fingerprint density at radius 2 is 1.79 bits per heavy atom. The number of hydrogen-bond donors (Lipinski definition) is 0. The topological polar surface area (TPSA) is 78.7 Å². The lowest BCUT2D eigenvalue weighted by Gasteiger charge is -2.26. The fraction of sp³-hybridized carbons (Fsp3) is 0.550. The van der Waals surface area contributed by atoms with E-state index in [4.69, 9.17) is 14.2 Å². The number of thioether (sulfide) groups is 1. The van der Waals surface area contributed by atoms with Crippen LogP contribution < -0.4 is 9.47 Å². The van der Waals surface area contributed by atoms with Crippen LogP contribution in [0.2, 0.25) is 0 Å². The molecule has 158 valence electrons. The summed E-state index contributed by atoms with van der Waals surface area (Å²) >= 11 is 1.41. The standard InChI is InChI=1S/C20H28N4O4S/c1-14(2)24-19(15(3)28-17-7-5-16(26-4)6-8-17)21-22-20(24)29-13-18(25)23-9-11-27-12-10-23/h5-8,14-15H,9-13H2,1-4H3. The first-order chi connectivity index (χ1) is 14.0. The number of aromatic nitrogens is 3. The molecule has 2 aromatic rings. The molecule has 1 unspecified atom stereocenters. The van der Waals surface area contributed by atoms with Crippen LogP contribution in [0.5, 0.6) is 11.5 Å². The summed E-state index contributed by atoms with van der Waals surface area (Å²) in [6.07, 6.45) is -0.289. The summed E-state index contributed by atoms with van der Waals surface area (Å²) in [6.45, 7) is 8.58. The van der Waals surface area contributed by atoms with Crippen LogP contribution >= 0.6 is 11.8 Å². The van der Waals surface area contributed by atoms with Crippen LogP contribution in [0, 0.1) is 0 Å². The quantitative estimate of drug-likeness (QED) is 0.608. The van der Waals surface area contributed by atoms with Crippen LogP contribution in [0.1, 0.15) is 38.7 Å². The molecule has 9 heteroatoms. The Morgan fingerprint density at radius 3 is 2.41 bits per heavy atom. The predicted molar refractivity (Wildman–Crippen MR) is 111 cm³/mol. The van der Waals surface area contributed by atoms with Gasteiger partial charge in [-0.15, -0.1) is 10.2 Å². The highest BCUT2D eigenvalue weighted by Gasteiger charge is 2.23. The van der Waals surface area contributed by atoms with Crippen molar-refractivity contribution in [2.24, 2.45) is 0 Å². The van der Waals surface area contributed by atoms with E-state index in [2.05, 4.69) is 24.0 Å². The van der Waals surface area contributed by atoms with Crippen LogP contribution in [0.15, 0.2) is 29.4 Å². The minimum absolute atomic E-state index is 0.0979. The van der Waals surface area contributed by atoms with Gasteiger partial charge in [0.05, 0.1) is 26.1 Å². The second-order valence-corrected chi connectivity index (χ2v) is 7.96. The monoisotopic (exact) mass is 420 g/mol. The third-order valence-corrected chi connectivity index (χ3v) is 5.56. The Hall–Kier alpha value is -2.26. The average molecular weight is 421 g/mol. The first kappa shape index (κ1) is 21.4. The highest BCUT2D eigenvalue weighted by Crippen LogP contribution is 2.28. The number of morpholine rings is 1. The van der Waals surface area contributed by atoms with E-state index in [0.29, 0.717) is 32.1 Å². The molecule has 3 rings (SSSR count). The van der Waals surface area contributed by atoms with Crippen molar-refractivity contribution in [1.82, 2.24) is 19.7 Å².